The van der Waals surface area contributed by atoms with E-state index in [2.05, 4.69) is 0 Å². The van der Waals surface area contributed by atoms with E-state index in [1.165, 1.54) is 0 Å². The lowest BCUT2D eigenvalue weighted by atomic mass is 10.1. The second-order valence-electron chi connectivity index (χ2n) is 3.25. The second-order valence-corrected chi connectivity index (χ2v) is 3.25. The van der Waals surface area contributed by atoms with E-state index in [-0.39, 0.29) is 6.42 Å². The summed E-state index contributed by atoms with van der Waals surface area (Å²) in [5.41, 5.74) is 10.8. The van der Waals surface area contributed by atoms with Gasteiger partial charge in [-0.2, -0.15) is 0 Å². The molecule has 2 unspecified atom stereocenters. The van der Waals surface area contributed by atoms with Gasteiger partial charge in [-0.25, -0.2) is 0 Å². The number of carbonyl (C=O) groups excluding carboxylic acids is 1. The highest BCUT2D eigenvalue weighted by atomic mass is 16.5. The third kappa shape index (κ3) is 6.15. The molecule has 0 bridgehead atoms. The zero-order valence-electron chi connectivity index (χ0n) is 9.26. The minimum atomic E-state index is -1.06. The third-order valence-electron chi connectivity index (χ3n) is 1.85. The van der Waals surface area contributed by atoms with Crippen molar-refractivity contribution in [3.8, 4) is 0 Å². The van der Waals surface area contributed by atoms with Crippen LogP contribution in [-0.2, 0) is 14.3 Å². The summed E-state index contributed by atoms with van der Waals surface area (Å²) in [7, 11) is 0. The highest BCUT2D eigenvalue weighted by Gasteiger charge is 2.12. The van der Waals surface area contributed by atoms with Gasteiger partial charge in [-0.05, 0) is 19.8 Å². The van der Waals surface area contributed by atoms with E-state index < -0.39 is 24.0 Å². The molecule has 0 spiro atoms. The molecule has 0 rings (SSSR count). The van der Waals surface area contributed by atoms with E-state index in [4.69, 9.17) is 21.3 Å². The monoisotopic (exact) mass is 230 g/mol. The zero-order chi connectivity index (χ0) is 12.6. The van der Waals surface area contributed by atoms with Crippen LogP contribution in [0.4, 0.5) is 0 Å². The summed E-state index contributed by atoms with van der Waals surface area (Å²) in [4.78, 5) is 21.4. The summed E-state index contributed by atoms with van der Waals surface area (Å²) in [5, 5.41) is 8.49. The molecule has 0 aromatic heterocycles. The SMILES string of the molecule is CCOC(=O)C(N)CC=CCC(N)C(=O)O. The van der Waals surface area contributed by atoms with Crippen LogP contribution in [0.2, 0.25) is 0 Å². The topological polar surface area (TPSA) is 116 Å². The fraction of sp³-hybridized carbons (Fsp3) is 0.600. The number of aliphatic carboxylic acids is 1. The molecule has 5 N–H and O–H groups in total. The Kier molecular flexibility index (Phi) is 7.15. The number of nitrogens with two attached hydrogens (primary N) is 2. The molecular formula is C10H18N2O4. The predicted octanol–water partition coefficient (Wildman–Crippen LogP) is -0.375. The highest BCUT2D eigenvalue weighted by molar-refractivity contribution is 5.75. The summed E-state index contributed by atoms with van der Waals surface area (Å²) in [6, 6.07) is -1.63. The molecule has 0 saturated heterocycles. The van der Waals surface area contributed by atoms with Crippen molar-refractivity contribution in [2.75, 3.05) is 6.61 Å². The lowest BCUT2D eigenvalue weighted by Gasteiger charge is -2.07. The minimum absolute atomic E-state index is 0.213. The summed E-state index contributed by atoms with van der Waals surface area (Å²) in [5.74, 6) is -1.52. The molecule has 92 valence electrons. The molecule has 0 fully saturated rings. The largest absolute Gasteiger partial charge is 0.480 e. The second kappa shape index (κ2) is 7.84. The Bertz CT molecular complexity index is 266. The van der Waals surface area contributed by atoms with Crippen molar-refractivity contribution in [1.82, 2.24) is 0 Å². The smallest absolute Gasteiger partial charge is 0.323 e. The van der Waals surface area contributed by atoms with Gasteiger partial charge in [0.05, 0.1) is 6.61 Å². The fourth-order valence-corrected chi connectivity index (χ4v) is 0.932. The van der Waals surface area contributed by atoms with Crippen LogP contribution >= 0.6 is 0 Å². The molecule has 2 atom stereocenters. The highest BCUT2D eigenvalue weighted by Crippen LogP contribution is 1.97. The van der Waals surface area contributed by atoms with Gasteiger partial charge in [0.25, 0.3) is 0 Å². The maximum Gasteiger partial charge on any atom is 0.323 e. The summed E-state index contributed by atoms with van der Waals surface area (Å²) < 4.78 is 4.70. The predicted molar refractivity (Wildman–Crippen MR) is 58.6 cm³/mol. The number of hydrogen-bond acceptors (Lipinski definition) is 5. The summed E-state index contributed by atoms with van der Waals surface area (Å²) >= 11 is 0. The maximum atomic E-state index is 11.1. The Balaban J connectivity index is 3.83. The number of esters is 1. The number of hydrogen-bond donors (Lipinski definition) is 3. The van der Waals surface area contributed by atoms with Gasteiger partial charge in [-0.3, -0.25) is 9.59 Å². The van der Waals surface area contributed by atoms with Gasteiger partial charge in [0.1, 0.15) is 12.1 Å². The Labute approximate surface area is 94.2 Å². The molecule has 16 heavy (non-hydrogen) atoms. The minimum Gasteiger partial charge on any atom is -0.480 e. The van der Waals surface area contributed by atoms with Crippen LogP contribution in [0.1, 0.15) is 19.8 Å². The van der Waals surface area contributed by atoms with E-state index >= 15 is 0 Å². The molecule has 0 aliphatic heterocycles. The first kappa shape index (κ1) is 14.6. The number of carboxylic acids is 1. The van der Waals surface area contributed by atoms with Crippen LogP contribution in [0.3, 0.4) is 0 Å². The van der Waals surface area contributed by atoms with Gasteiger partial charge >= 0.3 is 11.9 Å². The van der Waals surface area contributed by atoms with Crippen molar-refractivity contribution in [2.45, 2.75) is 31.8 Å². The molecule has 0 amide bonds. The van der Waals surface area contributed by atoms with E-state index in [9.17, 15) is 9.59 Å². The third-order valence-corrected chi connectivity index (χ3v) is 1.85. The maximum absolute atomic E-state index is 11.1. The molecule has 6 nitrogen and oxygen atoms in total. The summed E-state index contributed by atoms with van der Waals surface area (Å²) in [6.45, 7) is 1.99. The van der Waals surface area contributed by atoms with Crippen molar-refractivity contribution in [2.24, 2.45) is 11.5 Å². The van der Waals surface area contributed by atoms with Crippen LogP contribution < -0.4 is 11.5 Å². The molecule has 6 heteroatoms. The first-order valence-corrected chi connectivity index (χ1v) is 5.04. The standard InChI is InChI=1S/C10H18N2O4/c1-2-16-10(15)8(12)6-4-3-5-7(11)9(13)14/h3-4,7-8H,2,5-6,11-12H2,1H3,(H,13,14). The first-order valence-electron chi connectivity index (χ1n) is 5.04. The molecule has 0 saturated carbocycles. The lowest BCUT2D eigenvalue weighted by Crippen LogP contribution is -2.31. The van der Waals surface area contributed by atoms with E-state index in [1.54, 1.807) is 19.1 Å². The average Bonchev–Trinajstić information content (AvgIpc) is 2.23. The van der Waals surface area contributed by atoms with Gasteiger partial charge in [0.2, 0.25) is 0 Å². The molecular weight excluding hydrogens is 212 g/mol. The molecule has 0 aromatic carbocycles. The Morgan fingerprint density at radius 3 is 2.19 bits per heavy atom. The molecule has 0 aliphatic rings. The van der Waals surface area contributed by atoms with Crippen molar-refractivity contribution in [1.29, 1.82) is 0 Å². The Morgan fingerprint density at radius 1 is 1.25 bits per heavy atom. The lowest BCUT2D eigenvalue weighted by molar-refractivity contribution is -0.144. The first-order chi connectivity index (χ1) is 7.49. The van der Waals surface area contributed by atoms with Crippen molar-refractivity contribution in [3.05, 3.63) is 12.2 Å². The van der Waals surface area contributed by atoms with E-state index in [0.717, 1.165) is 0 Å². The van der Waals surface area contributed by atoms with Gasteiger partial charge in [-0.15, -0.1) is 0 Å². The number of carboxylic acid groups (broad SMARTS) is 1. The van der Waals surface area contributed by atoms with Crippen molar-refractivity contribution < 1.29 is 19.4 Å². The fourth-order valence-electron chi connectivity index (χ4n) is 0.932. The molecule has 0 aromatic rings. The van der Waals surface area contributed by atoms with Crippen LogP contribution in [0.25, 0.3) is 0 Å². The Hall–Kier alpha value is -1.40. The van der Waals surface area contributed by atoms with Crippen LogP contribution in [-0.4, -0.2) is 35.7 Å². The van der Waals surface area contributed by atoms with Crippen molar-refractivity contribution in [3.63, 3.8) is 0 Å². The molecule has 0 aliphatic carbocycles. The van der Waals surface area contributed by atoms with Crippen LogP contribution in [0.15, 0.2) is 12.2 Å². The number of carbonyl (C=O) groups is 2. The van der Waals surface area contributed by atoms with Gasteiger partial charge in [0, 0.05) is 0 Å². The molecule has 0 heterocycles. The van der Waals surface area contributed by atoms with Crippen molar-refractivity contribution >= 4 is 11.9 Å². The van der Waals surface area contributed by atoms with Gasteiger partial charge in [-0.1, -0.05) is 12.2 Å². The quantitative estimate of drug-likeness (QED) is 0.406. The normalized spacial score (nSPS) is 14.7. The van der Waals surface area contributed by atoms with E-state index in [0.29, 0.717) is 13.0 Å². The van der Waals surface area contributed by atoms with E-state index in [1.807, 2.05) is 0 Å². The Morgan fingerprint density at radius 2 is 1.75 bits per heavy atom. The van der Waals surface area contributed by atoms with Crippen LogP contribution in [0.5, 0.6) is 0 Å². The average molecular weight is 230 g/mol. The zero-order valence-corrected chi connectivity index (χ0v) is 9.26. The number of ether oxygens (including phenoxy) is 1. The van der Waals surface area contributed by atoms with Gasteiger partial charge < -0.3 is 21.3 Å². The molecule has 0 radical (unpaired) electrons. The number of rotatable bonds is 7. The van der Waals surface area contributed by atoms with Crippen LogP contribution in [0, 0.1) is 0 Å². The summed E-state index contributed by atoms with van der Waals surface area (Å²) in [6.07, 6.45) is 3.75. The van der Waals surface area contributed by atoms with Gasteiger partial charge in [0.15, 0.2) is 0 Å².